The van der Waals surface area contributed by atoms with E-state index in [2.05, 4.69) is 26.1 Å². The highest BCUT2D eigenvalue weighted by molar-refractivity contribution is 5.94. The molecule has 1 aliphatic rings. The lowest BCUT2D eigenvalue weighted by atomic mass is 9.91. The van der Waals surface area contributed by atoms with Crippen LogP contribution in [-0.4, -0.2) is 22.0 Å². The molecule has 0 saturated carbocycles. The molecule has 4 N–H and O–H groups in total. The molecular weight excluding hydrogens is 330 g/mol. The van der Waals surface area contributed by atoms with Crippen LogP contribution in [0.1, 0.15) is 18.5 Å². The van der Waals surface area contributed by atoms with E-state index in [-0.39, 0.29) is 29.4 Å². The third-order valence-corrected chi connectivity index (χ3v) is 4.78. The molecule has 2 heterocycles. The van der Waals surface area contributed by atoms with Crippen LogP contribution < -0.4 is 10.9 Å². The summed E-state index contributed by atoms with van der Waals surface area (Å²) < 4.78 is 0. The maximum atomic E-state index is 12.5. The van der Waals surface area contributed by atoms with Gasteiger partial charge in [-0.25, -0.2) is 10.9 Å². The molecule has 0 radical (unpaired) electrons. The maximum Gasteiger partial charge on any atom is 0.283 e. The predicted molar refractivity (Wildman–Crippen MR) is 97.9 cm³/mol. The molecule has 3 aromatic rings. The molecule has 1 aromatic heterocycles. The van der Waals surface area contributed by atoms with Crippen LogP contribution in [0.5, 0.6) is 5.88 Å². The van der Waals surface area contributed by atoms with Crippen molar-refractivity contribution in [1.29, 1.82) is 0 Å². The molecule has 1 aliphatic heterocycles. The summed E-state index contributed by atoms with van der Waals surface area (Å²) in [4.78, 5) is 15.3. The van der Waals surface area contributed by atoms with Gasteiger partial charge in [0.2, 0.25) is 5.88 Å². The van der Waals surface area contributed by atoms with Crippen molar-refractivity contribution in [3.8, 4) is 5.88 Å². The van der Waals surface area contributed by atoms with Crippen LogP contribution in [0, 0.1) is 5.92 Å². The van der Waals surface area contributed by atoms with Crippen LogP contribution in [-0.2, 0) is 4.79 Å². The van der Waals surface area contributed by atoms with E-state index in [0.29, 0.717) is 5.39 Å². The van der Waals surface area contributed by atoms with Crippen molar-refractivity contribution in [1.82, 2.24) is 15.8 Å². The van der Waals surface area contributed by atoms with E-state index in [1.807, 2.05) is 61.5 Å². The summed E-state index contributed by atoms with van der Waals surface area (Å²) in [6, 6.07) is 16.8. The van der Waals surface area contributed by atoms with Gasteiger partial charge in [0.25, 0.3) is 5.91 Å². The number of rotatable bonds is 3. The number of aromatic amines is 1. The minimum Gasteiger partial charge on any atom is -0.493 e. The highest BCUT2D eigenvalue weighted by Gasteiger charge is 2.37. The van der Waals surface area contributed by atoms with Gasteiger partial charge in [0, 0.05) is 11.3 Å². The molecule has 0 spiro atoms. The molecule has 4 rings (SSSR count). The highest BCUT2D eigenvalue weighted by Crippen LogP contribution is 2.35. The number of carbonyl (C=O) groups is 1. The molecular formula is C19H19N5O2. The molecule has 1 amide bonds. The number of aromatic nitrogens is 1. The largest absolute Gasteiger partial charge is 0.493 e. The van der Waals surface area contributed by atoms with Crippen molar-refractivity contribution in [2.45, 2.75) is 19.0 Å². The Hall–Kier alpha value is -3.03. The van der Waals surface area contributed by atoms with Gasteiger partial charge < -0.3 is 10.1 Å². The summed E-state index contributed by atoms with van der Waals surface area (Å²) in [5, 5.41) is 18.6. The van der Waals surface area contributed by atoms with E-state index in [9.17, 15) is 9.90 Å². The molecule has 1 fully saturated rings. The third-order valence-electron chi connectivity index (χ3n) is 4.78. The summed E-state index contributed by atoms with van der Waals surface area (Å²) in [5.41, 5.74) is 8.29. The maximum absolute atomic E-state index is 12.5. The average Bonchev–Trinajstić information content (AvgIpc) is 3.20. The quantitative estimate of drug-likeness (QED) is 0.545. The first-order valence-electron chi connectivity index (χ1n) is 8.46. The second kappa shape index (κ2) is 6.70. The van der Waals surface area contributed by atoms with Crippen molar-refractivity contribution < 1.29 is 9.90 Å². The first-order chi connectivity index (χ1) is 12.6. The van der Waals surface area contributed by atoms with Crippen molar-refractivity contribution >= 4 is 22.5 Å². The Morgan fingerprint density at radius 1 is 1.04 bits per heavy atom. The molecule has 132 valence electrons. The van der Waals surface area contributed by atoms with E-state index < -0.39 is 6.04 Å². The number of benzene rings is 2. The van der Waals surface area contributed by atoms with E-state index >= 15 is 0 Å². The fourth-order valence-electron chi connectivity index (χ4n) is 3.34. The number of nitrogens with zero attached hydrogens (tertiary/aromatic N) is 2. The molecule has 0 aliphatic carbocycles. The number of fused-ring (bicyclic) bond motifs is 1. The summed E-state index contributed by atoms with van der Waals surface area (Å²) >= 11 is 0. The molecule has 0 bridgehead atoms. The zero-order valence-corrected chi connectivity index (χ0v) is 14.2. The van der Waals surface area contributed by atoms with Gasteiger partial charge in [-0.05, 0) is 11.6 Å². The van der Waals surface area contributed by atoms with Gasteiger partial charge in [-0.15, -0.1) is 10.2 Å². The zero-order chi connectivity index (χ0) is 18.1. The van der Waals surface area contributed by atoms with E-state index in [4.69, 9.17) is 0 Å². The fourth-order valence-corrected chi connectivity index (χ4v) is 3.34. The average molecular weight is 349 g/mol. The fraction of sp³-hybridized carbons (Fsp3) is 0.211. The minimum absolute atomic E-state index is 0.000385. The monoisotopic (exact) mass is 349 g/mol. The van der Waals surface area contributed by atoms with Gasteiger partial charge in [-0.1, -0.05) is 55.5 Å². The van der Waals surface area contributed by atoms with Crippen molar-refractivity contribution in [3.63, 3.8) is 0 Å². The van der Waals surface area contributed by atoms with Crippen LogP contribution in [0.4, 0.5) is 5.69 Å². The van der Waals surface area contributed by atoms with Gasteiger partial charge in [0.15, 0.2) is 5.69 Å². The van der Waals surface area contributed by atoms with Crippen LogP contribution in [0.25, 0.3) is 10.9 Å². The number of hydrogen-bond donors (Lipinski definition) is 4. The Bertz CT molecular complexity index is 966. The Labute approximate surface area is 150 Å². The number of carbonyl (C=O) groups excluding carboxylic acids is 1. The van der Waals surface area contributed by atoms with Gasteiger partial charge in [0.1, 0.15) is 6.04 Å². The normalized spacial score (nSPS) is 23.0. The minimum atomic E-state index is -0.490. The summed E-state index contributed by atoms with van der Waals surface area (Å²) in [6.07, 6.45) is 0. The Balaban J connectivity index is 1.53. The number of hydrazine groups is 1. The molecule has 2 aromatic carbocycles. The topological polar surface area (TPSA) is 102 Å². The standard InChI is InChI=1S/C19H19N5O2/c1-11-15(12-7-3-2-4-8-12)21-22-16(11)19(26)24-23-17-13-9-5-6-10-14(13)20-18(17)25/h2-11,15-16,20-22,25H,1H3. The molecule has 7 heteroatoms. The molecule has 7 nitrogen and oxygen atoms in total. The Kier molecular flexibility index (Phi) is 4.24. The number of amides is 1. The van der Waals surface area contributed by atoms with Crippen LogP contribution in [0.2, 0.25) is 0 Å². The van der Waals surface area contributed by atoms with Crippen molar-refractivity contribution in [2.24, 2.45) is 16.1 Å². The van der Waals surface area contributed by atoms with Crippen LogP contribution >= 0.6 is 0 Å². The van der Waals surface area contributed by atoms with E-state index in [1.165, 1.54) is 0 Å². The molecule has 26 heavy (non-hydrogen) atoms. The Morgan fingerprint density at radius 2 is 1.77 bits per heavy atom. The molecule has 3 atom stereocenters. The van der Waals surface area contributed by atoms with E-state index in [1.54, 1.807) is 0 Å². The number of hydrogen-bond acceptors (Lipinski definition) is 5. The lowest BCUT2D eigenvalue weighted by Crippen LogP contribution is -2.37. The van der Waals surface area contributed by atoms with Gasteiger partial charge in [-0.3, -0.25) is 4.79 Å². The van der Waals surface area contributed by atoms with Crippen molar-refractivity contribution in [2.75, 3.05) is 0 Å². The van der Waals surface area contributed by atoms with Gasteiger partial charge >= 0.3 is 0 Å². The Morgan fingerprint density at radius 3 is 2.58 bits per heavy atom. The van der Waals surface area contributed by atoms with Crippen LogP contribution in [0.15, 0.2) is 64.8 Å². The summed E-state index contributed by atoms with van der Waals surface area (Å²) in [6.45, 7) is 1.99. The second-order valence-corrected chi connectivity index (χ2v) is 6.42. The first kappa shape index (κ1) is 16.4. The molecule has 3 unspecified atom stereocenters. The van der Waals surface area contributed by atoms with Crippen molar-refractivity contribution in [3.05, 3.63) is 60.2 Å². The first-order valence-corrected chi connectivity index (χ1v) is 8.46. The SMILES string of the molecule is CC1C(C(=O)N=Nc2c(O)[nH]c3ccccc23)NNC1c1ccccc1. The number of azo groups is 1. The van der Waals surface area contributed by atoms with E-state index in [0.717, 1.165) is 11.1 Å². The number of nitrogens with one attached hydrogen (secondary N) is 3. The van der Waals surface area contributed by atoms with Gasteiger partial charge in [-0.2, -0.15) is 0 Å². The highest BCUT2D eigenvalue weighted by atomic mass is 16.3. The number of aromatic hydroxyl groups is 1. The summed E-state index contributed by atoms with van der Waals surface area (Å²) in [7, 11) is 0. The number of H-pyrrole nitrogens is 1. The summed E-state index contributed by atoms with van der Waals surface area (Å²) in [5.74, 6) is -0.482. The lowest BCUT2D eigenvalue weighted by Gasteiger charge is -2.16. The van der Waals surface area contributed by atoms with Crippen LogP contribution in [0.3, 0.4) is 0 Å². The smallest absolute Gasteiger partial charge is 0.283 e. The second-order valence-electron chi connectivity index (χ2n) is 6.42. The third kappa shape index (κ3) is 2.87. The lowest BCUT2D eigenvalue weighted by molar-refractivity contribution is -0.120. The van der Waals surface area contributed by atoms with Gasteiger partial charge in [0.05, 0.1) is 11.6 Å². The number of para-hydroxylation sites is 1. The predicted octanol–water partition coefficient (Wildman–Crippen LogP) is 3.34. The molecule has 1 saturated heterocycles. The zero-order valence-electron chi connectivity index (χ0n) is 14.2.